The van der Waals surface area contributed by atoms with E-state index < -0.39 is 34.1 Å². The Morgan fingerprint density at radius 2 is 1.76 bits per heavy atom. The molecule has 0 saturated carbocycles. The molecule has 2 amide bonds. The summed E-state index contributed by atoms with van der Waals surface area (Å²) in [6.45, 7) is 12.9. The zero-order valence-electron chi connectivity index (χ0n) is 27.5. The Morgan fingerprint density at radius 3 is 2.41 bits per heavy atom. The second-order valence-electron chi connectivity index (χ2n) is 12.8. The Labute approximate surface area is 269 Å². The zero-order valence-corrected chi connectivity index (χ0v) is 27.5. The Balaban J connectivity index is 1.78. The molecule has 0 fully saturated rings. The monoisotopic (exact) mass is 633 g/mol. The molecule has 0 radical (unpaired) electrons. The maximum absolute atomic E-state index is 14.9. The first kappa shape index (κ1) is 34.1. The number of benzene rings is 3. The van der Waals surface area contributed by atoms with E-state index in [4.69, 9.17) is 9.47 Å². The second-order valence-corrected chi connectivity index (χ2v) is 12.8. The summed E-state index contributed by atoms with van der Waals surface area (Å²) in [6.07, 6.45) is 1.11. The van der Waals surface area contributed by atoms with Crippen LogP contribution in [0.4, 0.5) is 5.69 Å². The number of phenolic OH excluding ortho intramolecular Hbond substituents is 1. The first-order valence-corrected chi connectivity index (χ1v) is 15.3. The van der Waals surface area contributed by atoms with E-state index in [2.05, 4.69) is 10.2 Å². The highest BCUT2D eigenvalue weighted by Gasteiger charge is 2.47. The van der Waals surface area contributed by atoms with Crippen molar-refractivity contribution in [2.24, 2.45) is 0 Å². The van der Waals surface area contributed by atoms with E-state index in [1.54, 1.807) is 55.5 Å². The van der Waals surface area contributed by atoms with Crippen LogP contribution in [0.2, 0.25) is 0 Å². The molecule has 46 heavy (non-hydrogen) atoms. The molecule has 1 aliphatic heterocycles. The average molecular weight is 634 g/mol. The number of carbonyl (C=O) groups excluding carboxylic acids is 2. The van der Waals surface area contributed by atoms with Crippen LogP contribution in [0.5, 0.6) is 17.2 Å². The van der Waals surface area contributed by atoms with Gasteiger partial charge in [0.2, 0.25) is 5.91 Å². The fourth-order valence-electron chi connectivity index (χ4n) is 5.64. The summed E-state index contributed by atoms with van der Waals surface area (Å²) < 4.78 is 12.4. The Morgan fingerprint density at radius 1 is 1.07 bits per heavy atom. The molecule has 0 aliphatic carbocycles. The number of anilines is 1. The van der Waals surface area contributed by atoms with Gasteiger partial charge in [-0.15, -0.1) is 10.1 Å². The molecule has 2 N–H and O–H groups in total. The van der Waals surface area contributed by atoms with Crippen molar-refractivity contribution in [2.75, 3.05) is 18.1 Å². The normalized spacial score (nSPS) is 16.4. The molecule has 1 heterocycles. The van der Waals surface area contributed by atoms with Gasteiger partial charge in [-0.05, 0) is 101 Å². The van der Waals surface area contributed by atoms with E-state index in [9.17, 15) is 24.8 Å². The summed E-state index contributed by atoms with van der Waals surface area (Å²) in [4.78, 5) is 45.5. The number of fused-ring (bicyclic) bond motifs is 1. The zero-order chi connectivity index (χ0) is 33.8. The van der Waals surface area contributed by atoms with Crippen LogP contribution >= 0.6 is 0 Å². The second kappa shape index (κ2) is 13.7. The van der Waals surface area contributed by atoms with Crippen molar-refractivity contribution in [3.05, 3.63) is 92.5 Å². The van der Waals surface area contributed by atoms with Crippen LogP contribution in [0.3, 0.4) is 0 Å². The summed E-state index contributed by atoms with van der Waals surface area (Å²) in [6, 6.07) is 14.8. The molecular weight excluding hydrogens is 590 g/mol. The van der Waals surface area contributed by atoms with Crippen LogP contribution in [-0.4, -0.2) is 46.4 Å². The highest BCUT2D eigenvalue weighted by Crippen LogP contribution is 2.45. The number of para-hydroxylation sites is 1. The van der Waals surface area contributed by atoms with E-state index in [1.165, 1.54) is 4.90 Å². The van der Waals surface area contributed by atoms with E-state index >= 15 is 0 Å². The number of phenols is 1. The van der Waals surface area contributed by atoms with Crippen molar-refractivity contribution in [3.63, 3.8) is 0 Å². The van der Waals surface area contributed by atoms with Gasteiger partial charge in [0.05, 0.1) is 13.2 Å². The molecule has 3 aromatic carbocycles. The van der Waals surface area contributed by atoms with Crippen LogP contribution in [0.1, 0.15) is 74.4 Å². The smallest absolute Gasteiger partial charge is 0.294 e. The fraction of sp³-hybridized carbons (Fsp3) is 0.429. The summed E-state index contributed by atoms with van der Waals surface area (Å²) in [5, 5.41) is 23.3. The number of ether oxygens (including phenoxy) is 2. The van der Waals surface area contributed by atoms with Crippen LogP contribution in [0, 0.1) is 30.9 Å². The first-order chi connectivity index (χ1) is 21.6. The minimum Gasteiger partial charge on any atom is -0.507 e. The molecule has 2 atom stereocenters. The summed E-state index contributed by atoms with van der Waals surface area (Å²) >= 11 is 0. The third kappa shape index (κ3) is 7.52. The van der Waals surface area contributed by atoms with Gasteiger partial charge in [-0.25, -0.2) is 0 Å². The Kier molecular flexibility index (Phi) is 10.1. The van der Waals surface area contributed by atoms with Crippen LogP contribution in [-0.2, 0) is 20.8 Å². The lowest BCUT2D eigenvalue weighted by molar-refractivity contribution is -0.757. The van der Waals surface area contributed by atoms with Gasteiger partial charge in [-0.2, -0.15) is 0 Å². The third-order valence-corrected chi connectivity index (χ3v) is 8.16. The number of nitrogens with zero attached hydrogens (tertiary/aromatic N) is 2. The van der Waals surface area contributed by atoms with Gasteiger partial charge in [0.25, 0.3) is 11.0 Å². The highest BCUT2D eigenvalue weighted by molar-refractivity contribution is 6.05. The molecule has 0 saturated heterocycles. The van der Waals surface area contributed by atoms with Gasteiger partial charge in [0.1, 0.15) is 23.3 Å². The lowest BCUT2D eigenvalue weighted by atomic mass is 9.85. The molecule has 0 bridgehead atoms. The van der Waals surface area contributed by atoms with Crippen molar-refractivity contribution < 1.29 is 34.1 Å². The number of hydrogen-bond acceptors (Lipinski definition) is 8. The van der Waals surface area contributed by atoms with E-state index in [1.807, 2.05) is 47.6 Å². The van der Waals surface area contributed by atoms with Gasteiger partial charge >= 0.3 is 0 Å². The summed E-state index contributed by atoms with van der Waals surface area (Å²) in [5.74, 6) is 0.448. The minimum absolute atomic E-state index is 0.112. The van der Waals surface area contributed by atoms with Crippen LogP contribution in [0.25, 0.3) is 0 Å². The summed E-state index contributed by atoms with van der Waals surface area (Å²) in [7, 11) is 0. The minimum atomic E-state index is -1.34. The van der Waals surface area contributed by atoms with Crippen molar-refractivity contribution in [3.8, 4) is 17.2 Å². The molecule has 11 nitrogen and oxygen atoms in total. The lowest BCUT2D eigenvalue weighted by Crippen LogP contribution is -2.57. The van der Waals surface area contributed by atoms with Crippen molar-refractivity contribution >= 4 is 17.5 Å². The number of hydrogen-bond donors (Lipinski definition) is 2. The van der Waals surface area contributed by atoms with E-state index in [0.717, 1.165) is 16.7 Å². The predicted octanol–water partition coefficient (Wildman–Crippen LogP) is 6.07. The summed E-state index contributed by atoms with van der Waals surface area (Å²) in [5.41, 5.74) is 2.12. The molecule has 0 aromatic heterocycles. The standard InChI is InChI=1S/C35H43N3O8/c1-22-23(2)31-28(24(3)30(22)39)17-18-35(7,46-31)33(41)37(26-14-9-8-10-15-26)29(32(40)36-34(4,5)6)25-13-11-16-27(21-25)44-19-12-20-45-38(42)43/h8-11,13-16,21,29,39H,12,17-20H2,1-7H3,(H,36,40). The number of rotatable bonds is 11. The molecule has 3 aromatic rings. The lowest BCUT2D eigenvalue weighted by Gasteiger charge is -2.42. The highest BCUT2D eigenvalue weighted by atomic mass is 16.9. The van der Waals surface area contributed by atoms with Gasteiger partial charge in [-0.1, -0.05) is 30.3 Å². The largest absolute Gasteiger partial charge is 0.507 e. The van der Waals surface area contributed by atoms with Gasteiger partial charge in [-0.3, -0.25) is 14.5 Å². The number of amides is 2. The van der Waals surface area contributed by atoms with Gasteiger partial charge < -0.3 is 24.7 Å². The van der Waals surface area contributed by atoms with Crippen LogP contribution < -0.4 is 19.7 Å². The third-order valence-electron chi connectivity index (χ3n) is 8.16. The average Bonchev–Trinajstić information content (AvgIpc) is 3.00. The molecule has 246 valence electrons. The number of aromatic hydroxyl groups is 1. The van der Waals surface area contributed by atoms with E-state index in [-0.39, 0.29) is 25.4 Å². The quantitative estimate of drug-likeness (QED) is 0.147. The Hall–Kier alpha value is -4.80. The SMILES string of the molecule is Cc1c(C)c2c(c(C)c1O)CCC(C)(C(=O)N(c1ccccc1)C(C(=O)NC(C)(C)C)c1cccc(OCCCO[N+](=O)[O-])c1)O2. The molecule has 11 heteroatoms. The van der Waals surface area contributed by atoms with Gasteiger partial charge in [0.15, 0.2) is 5.60 Å². The molecule has 2 unspecified atom stereocenters. The fourth-order valence-corrected chi connectivity index (χ4v) is 5.64. The topological polar surface area (TPSA) is 140 Å². The van der Waals surface area contributed by atoms with Crippen molar-refractivity contribution in [1.82, 2.24) is 5.32 Å². The maximum Gasteiger partial charge on any atom is 0.294 e. The van der Waals surface area contributed by atoms with Crippen molar-refractivity contribution in [2.45, 2.75) is 84.9 Å². The van der Waals surface area contributed by atoms with Crippen molar-refractivity contribution in [1.29, 1.82) is 0 Å². The molecular formula is C35H43N3O8. The van der Waals surface area contributed by atoms with Gasteiger partial charge in [0, 0.05) is 29.6 Å². The predicted molar refractivity (Wildman–Crippen MR) is 174 cm³/mol. The maximum atomic E-state index is 14.9. The molecule has 4 rings (SSSR count). The first-order valence-electron chi connectivity index (χ1n) is 15.3. The number of carbonyl (C=O) groups is 2. The molecule has 1 aliphatic rings. The Bertz CT molecular complexity index is 1600. The van der Waals surface area contributed by atoms with Crippen LogP contribution in [0.15, 0.2) is 54.6 Å². The molecule has 0 spiro atoms. The number of nitrogens with one attached hydrogen (secondary N) is 1. The van der Waals surface area contributed by atoms with E-state index in [0.29, 0.717) is 41.2 Å².